The molecule has 2 aromatic rings. The molecule has 1 heterocycles. The Bertz CT molecular complexity index is 576. The first-order valence-electron chi connectivity index (χ1n) is 7.50. The molecule has 4 nitrogen and oxygen atoms in total. The highest BCUT2D eigenvalue weighted by molar-refractivity contribution is 5.57. The molecule has 0 amide bonds. The van der Waals surface area contributed by atoms with Gasteiger partial charge in [-0.2, -0.15) is 0 Å². The quantitative estimate of drug-likeness (QED) is 0.846. The van der Waals surface area contributed by atoms with Crippen molar-refractivity contribution in [3.63, 3.8) is 0 Å². The van der Waals surface area contributed by atoms with Crippen LogP contribution in [0.1, 0.15) is 43.4 Å². The largest absolute Gasteiger partial charge is 0.373 e. The third-order valence-electron chi connectivity index (χ3n) is 3.64. The molecule has 0 saturated heterocycles. The van der Waals surface area contributed by atoms with Crippen molar-refractivity contribution in [2.75, 3.05) is 17.7 Å². The highest BCUT2D eigenvalue weighted by atomic mass is 15.1. The monoisotopic (exact) mass is 284 g/mol. The molecular weight excluding hydrogens is 260 g/mol. The average Bonchev–Trinajstić information content (AvgIpc) is 2.52. The lowest BCUT2D eigenvalue weighted by Gasteiger charge is -2.13. The van der Waals surface area contributed by atoms with Crippen LogP contribution in [0.2, 0.25) is 0 Å². The number of anilines is 2. The third kappa shape index (κ3) is 3.72. The van der Waals surface area contributed by atoms with Crippen LogP contribution >= 0.6 is 0 Å². The molecule has 0 aliphatic carbocycles. The molecule has 0 fully saturated rings. The average molecular weight is 284 g/mol. The number of hydrogen-bond acceptors (Lipinski definition) is 4. The van der Waals surface area contributed by atoms with Crippen LogP contribution < -0.4 is 10.6 Å². The minimum Gasteiger partial charge on any atom is -0.373 e. The maximum Gasteiger partial charge on any atom is 0.134 e. The third-order valence-corrected chi connectivity index (χ3v) is 3.64. The van der Waals surface area contributed by atoms with E-state index in [1.165, 1.54) is 11.1 Å². The van der Waals surface area contributed by atoms with E-state index in [0.29, 0.717) is 5.92 Å². The Morgan fingerprint density at radius 2 is 1.71 bits per heavy atom. The van der Waals surface area contributed by atoms with E-state index in [0.717, 1.165) is 30.2 Å². The van der Waals surface area contributed by atoms with Gasteiger partial charge in [0.2, 0.25) is 0 Å². The van der Waals surface area contributed by atoms with Crippen molar-refractivity contribution in [3.8, 4) is 0 Å². The van der Waals surface area contributed by atoms with Gasteiger partial charge in [0.05, 0.1) is 0 Å². The predicted molar refractivity (Wildman–Crippen MR) is 88.8 cm³/mol. The molecular formula is C17H24N4. The van der Waals surface area contributed by atoms with E-state index < -0.39 is 0 Å². The van der Waals surface area contributed by atoms with Crippen molar-refractivity contribution < 1.29 is 0 Å². The van der Waals surface area contributed by atoms with Crippen LogP contribution in [0, 0.1) is 0 Å². The van der Waals surface area contributed by atoms with Gasteiger partial charge >= 0.3 is 0 Å². The fourth-order valence-electron chi connectivity index (χ4n) is 2.32. The molecule has 0 aliphatic rings. The highest BCUT2D eigenvalue weighted by Gasteiger charge is 2.08. The van der Waals surface area contributed by atoms with Gasteiger partial charge in [-0.25, -0.2) is 9.97 Å². The Morgan fingerprint density at radius 3 is 2.29 bits per heavy atom. The Morgan fingerprint density at radius 1 is 1.05 bits per heavy atom. The van der Waals surface area contributed by atoms with Crippen LogP contribution in [0.5, 0.6) is 0 Å². The topological polar surface area (TPSA) is 49.8 Å². The number of aromatic nitrogens is 2. The maximum atomic E-state index is 4.36. The van der Waals surface area contributed by atoms with Gasteiger partial charge in [-0.05, 0) is 23.5 Å². The van der Waals surface area contributed by atoms with E-state index >= 15 is 0 Å². The van der Waals surface area contributed by atoms with Gasteiger partial charge in [-0.15, -0.1) is 0 Å². The van der Waals surface area contributed by atoms with Gasteiger partial charge in [-0.1, -0.05) is 45.0 Å². The molecule has 2 N–H and O–H groups in total. The second kappa shape index (κ2) is 7.07. The fourth-order valence-corrected chi connectivity index (χ4v) is 2.32. The Kier molecular flexibility index (Phi) is 5.14. The minimum absolute atomic E-state index is 0.568. The summed E-state index contributed by atoms with van der Waals surface area (Å²) in [5.74, 6) is 2.37. The zero-order valence-electron chi connectivity index (χ0n) is 13.3. The molecule has 1 aromatic heterocycles. The predicted octanol–water partition coefficient (Wildman–Crippen LogP) is 3.82. The van der Waals surface area contributed by atoms with Gasteiger partial charge in [0.1, 0.15) is 18.0 Å². The zero-order valence-corrected chi connectivity index (χ0v) is 13.3. The molecule has 0 aliphatic heterocycles. The van der Waals surface area contributed by atoms with E-state index in [1.54, 1.807) is 6.33 Å². The molecule has 0 unspecified atom stereocenters. The first-order chi connectivity index (χ1) is 10.2. The lowest BCUT2D eigenvalue weighted by Crippen LogP contribution is -2.08. The second-order valence-electron chi connectivity index (χ2n) is 5.40. The van der Waals surface area contributed by atoms with Crippen molar-refractivity contribution in [3.05, 3.63) is 47.3 Å². The summed E-state index contributed by atoms with van der Waals surface area (Å²) in [6.07, 6.45) is 2.49. The number of nitrogens with one attached hydrogen (secondary N) is 2. The van der Waals surface area contributed by atoms with E-state index in [2.05, 4.69) is 65.6 Å². The fraction of sp³-hybridized carbons (Fsp3) is 0.412. The van der Waals surface area contributed by atoms with Crippen LogP contribution in [0.3, 0.4) is 0 Å². The molecule has 0 saturated carbocycles. The molecule has 21 heavy (non-hydrogen) atoms. The summed E-state index contributed by atoms with van der Waals surface area (Å²) in [5.41, 5.74) is 3.75. The summed E-state index contributed by atoms with van der Waals surface area (Å²) in [7, 11) is 1.88. The first kappa shape index (κ1) is 15.3. The Hall–Kier alpha value is -2.10. The lowest BCUT2D eigenvalue weighted by molar-refractivity contribution is 0.865. The summed E-state index contributed by atoms with van der Waals surface area (Å²) in [4.78, 5) is 8.61. The molecule has 112 valence electrons. The molecule has 0 spiro atoms. The van der Waals surface area contributed by atoms with Gasteiger partial charge in [-0.3, -0.25) is 0 Å². The van der Waals surface area contributed by atoms with Crippen LogP contribution in [0.25, 0.3) is 0 Å². The first-order valence-corrected chi connectivity index (χ1v) is 7.50. The van der Waals surface area contributed by atoms with Gasteiger partial charge in [0, 0.05) is 19.2 Å². The van der Waals surface area contributed by atoms with Gasteiger partial charge < -0.3 is 10.6 Å². The van der Waals surface area contributed by atoms with Crippen molar-refractivity contribution in [1.82, 2.24) is 9.97 Å². The smallest absolute Gasteiger partial charge is 0.134 e. The van der Waals surface area contributed by atoms with Crippen molar-refractivity contribution in [2.24, 2.45) is 0 Å². The summed E-state index contributed by atoms with van der Waals surface area (Å²) in [6.45, 7) is 7.30. The summed E-state index contributed by atoms with van der Waals surface area (Å²) in [5, 5.41) is 6.53. The molecule has 1 aromatic carbocycles. The van der Waals surface area contributed by atoms with Crippen LogP contribution in [-0.2, 0) is 13.0 Å². The van der Waals surface area contributed by atoms with E-state index in [1.807, 2.05) is 7.05 Å². The Balaban J connectivity index is 2.09. The standard InChI is InChI=1S/C17H24N4/c1-5-15-16(18-4)20-11-21-17(15)19-10-13-6-8-14(9-7-13)12(2)3/h6-9,11-12H,5,10H2,1-4H3,(H2,18,19,20,21). The molecule has 2 rings (SSSR count). The number of nitrogens with zero attached hydrogens (tertiary/aromatic N) is 2. The van der Waals surface area contributed by atoms with Crippen LogP contribution in [0.15, 0.2) is 30.6 Å². The zero-order chi connectivity index (χ0) is 15.2. The van der Waals surface area contributed by atoms with Crippen molar-refractivity contribution in [1.29, 1.82) is 0 Å². The SMILES string of the molecule is CCc1c(NC)ncnc1NCc1ccc(C(C)C)cc1. The normalized spacial score (nSPS) is 10.7. The van der Waals surface area contributed by atoms with E-state index in [9.17, 15) is 0 Å². The minimum atomic E-state index is 0.568. The number of benzene rings is 1. The van der Waals surface area contributed by atoms with Gasteiger partial charge in [0.25, 0.3) is 0 Å². The van der Waals surface area contributed by atoms with Crippen LogP contribution in [0.4, 0.5) is 11.6 Å². The molecule has 4 heteroatoms. The Labute approximate surface area is 127 Å². The van der Waals surface area contributed by atoms with Crippen LogP contribution in [-0.4, -0.2) is 17.0 Å². The van der Waals surface area contributed by atoms with Crippen molar-refractivity contribution in [2.45, 2.75) is 39.7 Å². The lowest BCUT2D eigenvalue weighted by atomic mass is 10.0. The van der Waals surface area contributed by atoms with E-state index in [-0.39, 0.29) is 0 Å². The summed E-state index contributed by atoms with van der Waals surface area (Å²) >= 11 is 0. The van der Waals surface area contributed by atoms with Crippen molar-refractivity contribution >= 4 is 11.6 Å². The second-order valence-corrected chi connectivity index (χ2v) is 5.40. The maximum absolute atomic E-state index is 4.36. The molecule has 0 atom stereocenters. The van der Waals surface area contributed by atoms with Gasteiger partial charge in [0.15, 0.2) is 0 Å². The highest BCUT2D eigenvalue weighted by Crippen LogP contribution is 2.21. The summed E-state index contributed by atoms with van der Waals surface area (Å²) < 4.78 is 0. The van der Waals surface area contributed by atoms with E-state index in [4.69, 9.17) is 0 Å². The number of rotatable bonds is 6. The molecule has 0 radical (unpaired) electrons. The number of hydrogen-bond donors (Lipinski definition) is 2. The summed E-state index contributed by atoms with van der Waals surface area (Å²) in [6, 6.07) is 8.74. The molecule has 0 bridgehead atoms.